The standard InChI is InChI=1S/C20H33IO8/c1-6-20(7-2)27-12(10-25-11-15(22)29-19(3,4)5)8-13(28-20)16-14(9-21)26-18(24)17(16)23/h12-14,16-17,23H,6-11H2,1-5H3/t12-,13+,14+,16+,17+/m1/s1. The van der Waals surface area contributed by atoms with E-state index in [2.05, 4.69) is 22.6 Å². The van der Waals surface area contributed by atoms with Crippen LogP contribution in [0.15, 0.2) is 0 Å². The zero-order valence-corrected chi connectivity index (χ0v) is 20.0. The molecule has 0 aromatic carbocycles. The molecule has 5 atom stereocenters. The number of rotatable bonds is 8. The highest BCUT2D eigenvalue weighted by Crippen LogP contribution is 2.40. The van der Waals surface area contributed by atoms with Crippen LogP contribution in [-0.2, 0) is 33.3 Å². The molecular formula is C20H33IO8. The maximum atomic E-state index is 11.9. The summed E-state index contributed by atoms with van der Waals surface area (Å²) in [6, 6.07) is 0. The molecular weight excluding hydrogens is 495 g/mol. The summed E-state index contributed by atoms with van der Waals surface area (Å²) in [4.78, 5) is 23.8. The van der Waals surface area contributed by atoms with E-state index in [1.54, 1.807) is 20.8 Å². The van der Waals surface area contributed by atoms with E-state index in [0.29, 0.717) is 23.7 Å². The Morgan fingerprint density at radius 3 is 2.48 bits per heavy atom. The Hall–Kier alpha value is -0.490. The molecule has 0 aliphatic carbocycles. The molecule has 0 saturated carbocycles. The molecule has 168 valence electrons. The van der Waals surface area contributed by atoms with Crippen LogP contribution in [-0.4, -0.2) is 70.5 Å². The van der Waals surface area contributed by atoms with Crippen molar-refractivity contribution in [3.63, 3.8) is 0 Å². The number of cyclic esters (lactones) is 1. The van der Waals surface area contributed by atoms with Crippen molar-refractivity contribution < 1.29 is 38.4 Å². The summed E-state index contributed by atoms with van der Waals surface area (Å²) in [5.74, 6) is -2.34. The number of esters is 2. The minimum atomic E-state index is -1.22. The fraction of sp³-hybridized carbons (Fsp3) is 0.900. The molecule has 9 heteroatoms. The maximum absolute atomic E-state index is 11.9. The maximum Gasteiger partial charge on any atom is 0.335 e. The number of carbonyl (C=O) groups is 2. The van der Waals surface area contributed by atoms with Crippen molar-refractivity contribution >= 4 is 34.5 Å². The Morgan fingerprint density at radius 2 is 1.93 bits per heavy atom. The number of halogens is 1. The first kappa shape index (κ1) is 24.8. The van der Waals surface area contributed by atoms with Gasteiger partial charge in [0.2, 0.25) is 0 Å². The topological polar surface area (TPSA) is 101 Å². The Labute approximate surface area is 186 Å². The second kappa shape index (κ2) is 10.2. The Morgan fingerprint density at radius 1 is 1.28 bits per heavy atom. The summed E-state index contributed by atoms with van der Waals surface area (Å²) in [7, 11) is 0. The highest BCUT2D eigenvalue weighted by Gasteiger charge is 2.52. The lowest BCUT2D eigenvalue weighted by atomic mass is 9.88. The van der Waals surface area contributed by atoms with Gasteiger partial charge in [0.25, 0.3) is 0 Å². The fourth-order valence-electron chi connectivity index (χ4n) is 3.76. The molecule has 0 amide bonds. The van der Waals surface area contributed by atoms with Crippen molar-refractivity contribution in [3.05, 3.63) is 0 Å². The average Bonchev–Trinajstić information content (AvgIpc) is 2.94. The van der Waals surface area contributed by atoms with Gasteiger partial charge in [-0.3, -0.25) is 0 Å². The van der Waals surface area contributed by atoms with E-state index in [-0.39, 0.29) is 19.3 Å². The molecule has 0 spiro atoms. The predicted molar refractivity (Wildman–Crippen MR) is 113 cm³/mol. The quantitative estimate of drug-likeness (QED) is 0.291. The zero-order chi connectivity index (χ0) is 21.8. The van der Waals surface area contributed by atoms with Crippen LogP contribution in [0.4, 0.5) is 0 Å². The number of hydrogen-bond acceptors (Lipinski definition) is 8. The normalized spacial score (nSPS) is 32.1. The highest BCUT2D eigenvalue weighted by molar-refractivity contribution is 14.1. The molecule has 0 aromatic heterocycles. The van der Waals surface area contributed by atoms with Crippen molar-refractivity contribution in [1.29, 1.82) is 0 Å². The minimum Gasteiger partial charge on any atom is -0.459 e. The van der Waals surface area contributed by atoms with E-state index in [4.69, 9.17) is 23.7 Å². The first-order chi connectivity index (χ1) is 13.5. The van der Waals surface area contributed by atoms with Crippen molar-refractivity contribution in [2.24, 2.45) is 5.92 Å². The molecule has 2 aliphatic heterocycles. The van der Waals surface area contributed by atoms with Gasteiger partial charge in [-0.25, -0.2) is 9.59 Å². The van der Waals surface area contributed by atoms with Crippen LogP contribution in [0.1, 0.15) is 53.9 Å². The number of ether oxygens (including phenoxy) is 5. The first-order valence-electron chi connectivity index (χ1n) is 10.1. The zero-order valence-electron chi connectivity index (χ0n) is 17.8. The number of hydrogen-bond donors (Lipinski definition) is 1. The lowest BCUT2D eigenvalue weighted by Crippen LogP contribution is -2.54. The molecule has 2 heterocycles. The summed E-state index contributed by atoms with van der Waals surface area (Å²) < 4.78 is 29.1. The van der Waals surface area contributed by atoms with Crippen LogP contribution < -0.4 is 0 Å². The summed E-state index contributed by atoms with van der Waals surface area (Å²) in [5, 5.41) is 10.4. The second-order valence-electron chi connectivity index (χ2n) is 8.50. The fourth-order valence-corrected chi connectivity index (χ4v) is 4.53. The van der Waals surface area contributed by atoms with Gasteiger partial charge in [-0.15, -0.1) is 0 Å². The van der Waals surface area contributed by atoms with Crippen molar-refractivity contribution in [2.45, 2.75) is 89.7 Å². The van der Waals surface area contributed by atoms with E-state index in [1.807, 2.05) is 13.8 Å². The third-order valence-corrected chi connectivity index (χ3v) is 6.02. The van der Waals surface area contributed by atoms with E-state index >= 15 is 0 Å². The second-order valence-corrected chi connectivity index (χ2v) is 9.38. The smallest absolute Gasteiger partial charge is 0.335 e. The molecule has 0 unspecified atom stereocenters. The van der Waals surface area contributed by atoms with Crippen LogP contribution in [0.5, 0.6) is 0 Å². The number of aliphatic hydroxyl groups is 1. The van der Waals surface area contributed by atoms with Crippen molar-refractivity contribution in [3.8, 4) is 0 Å². The number of carbonyl (C=O) groups excluding carboxylic acids is 2. The van der Waals surface area contributed by atoms with E-state index in [0.717, 1.165) is 0 Å². The van der Waals surface area contributed by atoms with Gasteiger partial charge >= 0.3 is 11.9 Å². The third-order valence-electron chi connectivity index (χ3n) is 5.15. The molecule has 2 rings (SSSR count). The lowest BCUT2D eigenvalue weighted by molar-refractivity contribution is -0.336. The average molecular weight is 528 g/mol. The molecule has 2 saturated heterocycles. The molecule has 0 radical (unpaired) electrons. The van der Waals surface area contributed by atoms with Gasteiger partial charge in [-0.2, -0.15) is 0 Å². The van der Waals surface area contributed by atoms with Gasteiger partial charge in [0.1, 0.15) is 18.3 Å². The number of alkyl halides is 1. The van der Waals surface area contributed by atoms with E-state index in [1.165, 1.54) is 0 Å². The Kier molecular flexibility index (Phi) is 8.73. The van der Waals surface area contributed by atoms with Gasteiger partial charge in [0.05, 0.1) is 24.7 Å². The van der Waals surface area contributed by atoms with Gasteiger partial charge in [-0.1, -0.05) is 36.4 Å². The summed E-state index contributed by atoms with van der Waals surface area (Å²) in [6.45, 7) is 9.35. The summed E-state index contributed by atoms with van der Waals surface area (Å²) in [5.41, 5.74) is -0.570. The Bertz CT molecular complexity index is 571. The van der Waals surface area contributed by atoms with Gasteiger partial charge < -0.3 is 28.8 Å². The molecule has 2 aliphatic rings. The third kappa shape index (κ3) is 6.49. The van der Waals surface area contributed by atoms with Crippen LogP contribution >= 0.6 is 22.6 Å². The van der Waals surface area contributed by atoms with Gasteiger partial charge in [0, 0.05) is 10.8 Å². The van der Waals surface area contributed by atoms with Crippen LogP contribution in [0.25, 0.3) is 0 Å². The van der Waals surface area contributed by atoms with E-state index < -0.39 is 47.6 Å². The summed E-state index contributed by atoms with van der Waals surface area (Å²) in [6.07, 6.45) is -0.733. The molecule has 8 nitrogen and oxygen atoms in total. The number of aliphatic hydroxyl groups excluding tert-OH is 1. The molecule has 0 bridgehead atoms. The van der Waals surface area contributed by atoms with Crippen molar-refractivity contribution in [1.82, 2.24) is 0 Å². The minimum absolute atomic E-state index is 0.169. The molecule has 1 N–H and O–H groups in total. The largest absolute Gasteiger partial charge is 0.459 e. The predicted octanol–water partition coefficient (Wildman–Crippen LogP) is 2.37. The SMILES string of the molecule is CCC1(CC)O[C@@H](COCC(=O)OC(C)(C)C)C[C@@H]([C@H]2[C@H](CI)OC(=O)[C@H]2O)O1. The van der Waals surface area contributed by atoms with Crippen LogP contribution in [0.2, 0.25) is 0 Å². The molecule has 29 heavy (non-hydrogen) atoms. The van der Waals surface area contributed by atoms with Gasteiger partial charge in [-0.05, 0) is 33.6 Å². The molecule has 0 aromatic rings. The summed E-state index contributed by atoms with van der Waals surface area (Å²) >= 11 is 2.14. The van der Waals surface area contributed by atoms with Crippen LogP contribution in [0.3, 0.4) is 0 Å². The van der Waals surface area contributed by atoms with Crippen LogP contribution in [0, 0.1) is 5.92 Å². The first-order valence-corrected chi connectivity index (χ1v) is 11.7. The van der Waals surface area contributed by atoms with Gasteiger partial charge in [0.15, 0.2) is 11.9 Å². The monoisotopic (exact) mass is 528 g/mol. The molecule has 2 fully saturated rings. The highest BCUT2D eigenvalue weighted by atomic mass is 127. The lowest BCUT2D eigenvalue weighted by Gasteiger charge is -2.46. The Balaban J connectivity index is 2.05. The van der Waals surface area contributed by atoms with E-state index in [9.17, 15) is 14.7 Å². The van der Waals surface area contributed by atoms with Crippen molar-refractivity contribution in [2.75, 3.05) is 17.6 Å².